The molecule has 3 N–H and O–H groups in total. The number of hydrogen-bond acceptors (Lipinski definition) is 3. The van der Waals surface area contributed by atoms with Crippen molar-refractivity contribution in [1.82, 2.24) is 10.6 Å². The van der Waals surface area contributed by atoms with Crippen LogP contribution in [0.1, 0.15) is 46.5 Å². The van der Waals surface area contributed by atoms with Gasteiger partial charge in [-0.25, -0.2) is 0 Å². The van der Waals surface area contributed by atoms with E-state index in [1.165, 1.54) is 5.69 Å². The maximum atomic E-state index is 9.41. The quantitative estimate of drug-likeness (QED) is 0.282. The number of aliphatic hydroxyl groups excluding tert-OH is 1. The molecule has 27 heavy (non-hydrogen) atoms. The number of benzene rings is 1. The molecule has 0 saturated carbocycles. The molecule has 1 fully saturated rings. The van der Waals surface area contributed by atoms with Crippen molar-refractivity contribution in [3.05, 3.63) is 30.3 Å². The predicted molar refractivity (Wildman–Crippen MR) is 126 cm³/mol. The van der Waals surface area contributed by atoms with E-state index in [4.69, 9.17) is 4.99 Å². The molecule has 154 valence electrons. The lowest BCUT2D eigenvalue weighted by atomic mass is 9.79. The molecular weight excluding hydrogens is 451 g/mol. The predicted octanol–water partition coefficient (Wildman–Crippen LogP) is 3.63. The highest BCUT2D eigenvalue weighted by Gasteiger charge is 2.26. The first kappa shape index (κ1) is 24.0. The number of nitrogens with one attached hydrogen (secondary N) is 2. The smallest absolute Gasteiger partial charge is 0.191 e. The summed E-state index contributed by atoms with van der Waals surface area (Å²) in [5, 5.41) is 16.4. The van der Waals surface area contributed by atoms with E-state index in [1.807, 2.05) is 0 Å². The second-order valence-corrected chi connectivity index (χ2v) is 7.29. The number of anilines is 1. The van der Waals surface area contributed by atoms with E-state index in [-0.39, 0.29) is 36.0 Å². The van der Waals surface area contributed by atoms with Crippen LogP contribution in [0.3, 0.4) is 0 Å². The highest BCUT2D eigenvalue weighted by atomic mass is 127. The first-order valence-corrected chi connectivity index (χ1v) is 10.1. The van der Waals surface area contributed by atoms with Gasteiger partial charge >= 0.3 is 0 Å². The maximum absolute atomic E-state index is 9.41. The Morgan fingerprint density at radius 3 is 2.52 bits per heavy atom. The third-order valence-corrected chi connectivity index (χ3v) is 5.71. The van der Waals surface area contributed by atoms with E-state index in [2.05, 4.69) is 66.6 Å². The Balaban J connectivity index is 0.00000364. The number of para-hydroxylation sites is 1. The summed E-state index contributed by atoms with van der Waals surface area (Å²) in [5.74, 6) is 0.900. The van der Waals surface area contributed by atoms with Crippen LogP contribution in [-0.2, 0) is 0 Å². The molecule has 0 radical (unpaired) electrons. The van der Waals surface area contributed by atoms with Gasteiger partial charge in [0, 0.05) is 44.5 Å². The molecule has 1 aromatic rings. The molecule has 1 aliphatic rings. The van der Waals surface area contributed by atoms with Crippen molar-refractivity contribution in [3.63, 3.8) is 0 Å². The molecule has 1 heterocycles. The van der Waals surface area contributed by atoms with Crippen molar-refractivity contribution >= 4 is 35.6 Å². The SMILES string of the molecule is CCNC(=NCC(CC)(CC)CCO)NC1CCN(c2ccccc2)C1.I. The minimum absolute atomic E-state index is 0. The van der Waals surface area contributed by atoms with Crippen LogP contribution in [0.25, 0.3) is 0 Å². The monoisotopic (exact) mass is 488 g/mol. The largest absolute Gasteiger partial charge is 0.396 e. The van der Waals surface area contributed by atoms with Gasteiger partial charge in [-0.2, -0.15) is 0 Å². The summed E-state index contributed by atoms with van der Waals surface area (Å²) >= 11 is 0. The topological polar surface area (TPSA) is 59.9 Å². The molecule has 0 amide bonds. The van der Waals surface area contributed by atoms with E-state index in [0.29, 0.717) is 6.04 Å². The van der Waals surface area contributed by atoms with Crippen LogP contribution in [0.4, 0.5) is 5.69 Å². The summed E-state index contributed by atoms with van der Waals surface area (Å²) in [5.41, 5.74) is 1.39. The van der Waals surface area contributed by atoms with Gasteiger partial charge in [0.05, 0.1) is 0 Å². The van der Waals surface area contributed by atoms with Crippen molar-refractivity contribution in [2.75, 3.05) is 37.7 Å². The van der Waals surface area contributed by atoms with Crippen molar-refractivity contribution in [1.29, 1.82) is 0 Å². The summed E-state index contributed by atoms with van der Waals surface area (Å²) in [6.45, 7) is 10.4. The van der Waals surface area contributed by atoms with E-state index in [9.17, 15) is 5.11 Å². The fourth-order valence-corrected chi connectivity index (χ4v) is 3.65. The zero-order chi connectivity index (χ0) is 18.8. The number of hydrogen-bond donors (Lipinski definition) is 3. The van der Waals surface area contributed by atoms with Gasteiger partial charge < -0.3 is 20.6 Å². The normalized spacial score (nSPS) is 17.6. The number of halogens is 1. The number of rotatable bonds is 9. The average molecular weight is 488 g/mol. The molecular formula is C21H37IN4O. The highest BCUT2D eigenvalue weighted by Crippen LogP contribution is 2.30. The van der Waals surface area contributed by atoms with Gasteiger partial charge in [-0.3, -0.25) is 4.99 Å². The summed E-state index contributed by atoms with van der Waals surface area (Å²) in [6.07, 6.45) is 4.01. The number of aliphatic hydroxyl groups is 1. The van der Waals surface area contributed by atoms with Crippen LogP contribution in [0, 0.1) is 5.41 Å². The summed E-state index contributed by atoms with van der Waals surface area (Å²) in [7, 11) is 0. The zero-order valence-corrected chi connectivity index (χ0v) is 19.4. The lowest BCUT2D eigenvalue weighted by Crippen LogP contribution is -2.45. The van der Waals surface area contributed by atoms with Crippen LogP contribution >= 0.6 is 24.0 Å². The van der Waals surface area contributed by atoms with Crippen molar-refractivity contribution in [2.24, 2.45) is 10.4 Å². The summed E-state index contributed by atoms with van der Waals surface area (Å²) < 4.78 is 0. The molecule has 1 aliphatic heterocycles. The molecule has 1 atom stereocenters. The second kappa shape index (κ2) is 12.4. The number of nitrogens with zero attached hydrogens (tertiary/aromatic N) is 2. The van der Waals surface area contributed by atoms with Gasteiger partial charge in [-0.05, 0) is 50.2 Å². The van der Waals surface area contributed by atoms with Crippen LogP contribution in [0.15, 0.2) is 35.3 Å². The van der Waals surface area contributed by atoms with E-state index < -0.39 is 0 Å². The maximum Gasteiger partial charge on any atom is 0.191 e. The molecule has 1 saturated heterocycles. The summed E-state index contributed by atoms with van der Waals surface area (Å²) in [6, 6.07) is 11.0. The minimum Gasteiger partial charge on any atom is -0.396 e. The van der Waals surface area contributed by atoms with Gasteiger partial charge in [0.1, 0.15) is 0 Å². The van der Waals surface area contributed by atoms with Crippen LogP contribution in [0.2, 0.25) is 0 Å². The third kappa shape index (κ3) is 7.14. The van der Waals surface area contributed by atoms with Crippen LogP contribution in [-0.4, -0.2) is 49.9 Å². The second-order valence-electron chi connectivity index (χ2n) is 7.29. The van der Waals surface area contributed by atoms with Crippen LogP contribution in [0.5, 0.6) is 0 Å². The molecule has 0 aliphatic carbocycles. The Morgan fingerprint density at radius 2 is 1.93 bits per heavy atom. The van der Waals surface area contributed by atoms with Crippen molar-refractivity contribution < 1.29 is 5.11 Å². The first-order chi connectivity index (χ1) is 12.7. The molecule has 6 heteroatoms. The van der Waals surface area contributed by atoms with Crippen LogP contribution < -0.4 is 15.5 Å². The van der Waals surface area contributed by atoms with E-state index in [1.54, 1.807) is 0 Å². The average Bonchev–Trinajstić information content (AvgIpc) is 3.14. The van der Waals surface area contributed by atoms with Gasteiger partial charge in [-0.1, -0.05) is 32.0 Å². The molecule has 2 rings (SSSR count). The Morgan fingerprint density at radius 1 is 1.22 bits per heavy atom. The van der Waals surface area contributed by atoms with Crippen molar-refractivity contribution in [3.8, 4) is 0 Å². The zero-order valence-electron chi connectivity index (χ0n) is 17.1. The standard InChI is InChI=1S/C21H36N4O.HI/c1-4-21(5-2,13-15-26)17-23-20(22-6-3)24-18-12-14-25(16-18)19-10-8-7-9-11-19;/h7-11,18,26H,4-6,12-17H2,1-3H3,(H2,22,23,24);1H. The molecule has 1 unspecified atom stereocenters. The molecule has 0 bridgehead atoms. The van der Waals surface area contributed by atoms with Gasteiger partial charge in [0.2, 0.25) is 0 Å². The number of aliphatic imine (C=N–C) groups is 1. The van der Waals surface area contributed by atoms with Gasteiger partial charge in [0.15, 0.2) is 5.96 Å². The fourth-order valence-electron chi connectivity index (χ4n) is 3.65. The lowest BCUT2D eigenvalue weighted by molar-refractivity contribution is 0.175. The Labute approximate surface area is 182 Å². The Hall–Kier alpha value is -1.02. The van der Waals surface area contributed by atoms with E-state index in [0.717, 1.165) is 57.8 Å². The minimum atomic E-state index is 0. The third-order valence-electron chi connectivity index (χ3n) is 5.71. The Bertz CT molecular complexity index is 548. The van der Waals surface area contributed by atoms with Crippen molar-refractivity contribution in [2.45, 2.75) is 52.5 Å². The fraction of sp³-hybridized carbons (Fsp3) is 0.667. The molecule has 0 aromatic heterocycles. The molecule has 0 spiro atoms. The summed E-state index contributed by atoms with van der Waals surface area (Å²) in [4.78, 5) is 7.30. The molecule has 1 aromatic carbocycles. The van der Waals surface area contributed by atoms with Gasteiger partial charge in [-0.15, -0.1) is 24.0 Å². The molecule has 5 nitrogen and oxygen atoms in total. The lowest BCUT2D eigenvalue weighted by Gasteiger charge is -2.30. The van der Waals surface area contributed by atoms with Gasteiger partial charge in [0.25, 0.3) is 0 Å². The number of guanidine groups is 1. The first-order valence-electron chi connectivity index (χ1n) is 10.1. The Kier molecular flexibility index (Phi) is 11.1. The highest BCUT2D eigenvalue weighted by molar-refractivity contribution is 14.0. The van der Waals surface area contributed by atoms with E-state index >= 15 is 0 Å².